The van der Waals surface area contributed by atoms with Crippen molar-refractivity contribution in [2.45, 2.75) is 52.6 Å². The van der Waals surface area contributed by atoms with Crippen molar-refractivity contribution in [2.75, 3.05) is 26.4 Å². The lowest BCUT2D eigenvalue weighted by Crippen LogP contribution is -2.42. The summed E-state index contributed by atoms with van der Waals surface area (Å²) in [6, 6.07) is 15.8. The van der Waals surface area contributed by atoms with E-state index in [4.69, 9.17) is 40.4 Å². The fraction of sp³-hybridized carbons (Fsp3) is 0.333. The first kappa shape index (κ1) is 37.8. The molecule has 54 heavy (non-hydrogen) atoms. The minimum atomic E-state index is -0.850. The third-order valence-electron chi connectivity index (χ3n) is 8.77. The number of aliphatic imine (C=N–C) groups is 2. The topological polar surface area (TPSA) is 139 Å². The van der Waals surface area contributed by atoms with Gasteiger partial charge in [-0.1, -0.05) is 23.7 Å². The Morgan fingerprint density at radius 2 is 1.22 bits per heavy atom. The van der Waals surface area contributed by atoms with E-state index in [0.717, 1.165) is 47.3 Å². The first-order valence-corrected chi connectivity index (χ1v) is 19.3. The van der Waals surface area contributed by atoms with Crippen LogP contribution < -0.4 is 20.9 Å². The van der Waals surface area contributed by atoms with Gasteiger partial charge < -0.3 is 30.4 Å². The number of rotatable bonds is 0. The van der Waals surface area contributed by atoms with E-state index in [1.807, 2.05) is 42.5 Å². The van der Waals surface area contributed by atoms with Gasteiger partial charge in [0.25, 0.3) is 0 Å². The lowest BCUT2D eigenvalue weighted by molar-refractivity contribution is 0.109. The molecule has 0 radical (unpaired) electrons. The molecule has 0 bridgehead atoms. The van der Waals surface area contributed by atoms with Crippen molar-refractivity contribution in [3.63, 3.8) is 0 Å². The summed E-state index contributed by atoms with van der Waals surface area (Å²) in [7, 11) is 0. The Balaban J connectivity index is 0.000000178. The number of hydrogen-bond acceptors (Lipinski definition) is 10. The zero-order valence-corrected chi connectivity index (χ0v) is 34.7. The van der Waals surface area contributed by atoms with E-state index < -0.39 is 11.1 Å². The smallest absolute Gasteiger partial charge is 0.225 e. The molecule has 276 valence electrons. The molecule has 4 N–H and O–H groups in total. The Morgan fingerprint density at radius 1 is 0.667 bits per heavy atom. The molecule has 12 heteroatoms. The molecule has 6 heterocycles. The second-order valence-electron chi connectivity index (χ2n) is 15.5. The number of pyridine rings is 2. The van der Waals surface area contributed by atoms with Crippen LogP contribution in [0.4, 0.5) is 0 Å². The van der Waals surface area contributed by atoms with Gasteiger partial charge in [0.2, 0.25) is 5.88 Å². The molecule has 0 fully saturated rings. The second kappa shape index (κ2) is 14.3. The average Bonchev–Trinajstić information content (AvgIpc) is 3.11. The maximum atomic E-state index is 6.17. The SMILES string of the molecule is CC(C)(C)C#Cc1ccc2c(c1)[C@@]1(COCC(N)=N1)c1cc(C#CC(C)(C)C)cnc1O2.NC1=N[C@@]2(COC1)c1cc(I)ccc1Oc1cnc(Br)cc12. The van der Waals surface area contributed by atoms with Gasteiger partial charge in [0, 0.05) is 48.4 Å². The van der Waals surface area contributed by atoms with Crippen molar-refractivity contribution < 1.29 is 18.9 Å². The Bertz CT molecular complexity index is 2220. The number of fused-ring (bicyclic) bond motifs is 8. The van der Waals surface area contributed by atoms with Crippen LogP contribution in [0.2, 0.25) is 0 Å². The monoisotopic (exact) mass is 898 g/mol. The highest BCUT2D eigenvalue weighted by molar-refractivity contribution is 14.1. The van der Waals surface area contributed by atoms with Gasteiger partial charge in [0.1, 0.15) is 52.1 Å². The molecule has 2 atom stereocenters. The van der Waals surface area contributed by atoms with Gasteiger partial charge in [0.15, 0.2) is 5.75 Å². The van der Waals surface area contributed by atoms with Crippen LogP contribution in [0, 0.1) is 38.1 Å². The van der Waals surface area contributed by atoms with Gasteiger partial charge in [-0.25, -0.2) is 9.97 Å². The predicted octanol–water partition coefficient (Wildman–Crippen LogP) is 7.80. The van der Waals surface area contributed by atoms with Crippen molar-refractivity contribution in [2.24, 2.45) is 32.3 Å². The van der Waals surface area contributed by atoms with Crippen LogP contribution in [0.3, 0.4) is 0 Å². The Labute approximate surface area is 337 Å². The largest absolute Gasteiger partial charge is 0.455 e. The normalized spacial score (nSPS) is 20.7. The van der Waals surface area contributed by atoms with E-state index in [1.54, 1.807) is 12.4 Å². The van der Waals surface area contributed by atoms with E-state index in [-0.39, 0.29) is 10.8 Å². The third-order valence-corrected chi connectivity index (χ3v) is 9.87. The third kappa shape index (κ3) is 7.71. The van der Waals surface area contributed by atoms with E-state index in [9.17, 15) is 0 Å². The molecule has 4 aliphatic rings. The summed E-state index contributed by atoms with van der Waals surface area (Å²) < 4.78 is 25.6. The molecule has 0 amide bonds. The number of halogens is 2. The van der Waals surface area contributed by atoms with Gasteiger partial charge in [-0.2, -0.15) is 0 Å². The fourth-order valence-corrected chi connectivity index (χ4v) is 7.29. The molecule has 0 aliphatic carbocycles. The number of nitrogens with zero attached hydrogens (tertiary/aromatic N) is 4. The highest BCUT2D eigenvalue weighted by Gasteiger charge is 2.47. The van der Waals surface area contributed by atoms with Gasteiger partial charge in [-0.05, 0) is 129 Å². The maximum absolute atomic E-state index is 6.17. The molecule has 4 aromatic rings. The maximum Gasteiger partial charge on any atom is 0.225 e. The molecule has 0 saturated heterocycles. The first-order valence-electron chi connectivity index (χ1n) is 17.4. The Morgan fingerprint density at radius 3 is 1.87 bits per heavy atom. The van der Waals surface area contributed by atoms with E-state index in [1.165, 1.54) is 0 Å². The number of hydrogen-bond donors (Lipinski definition) is 2. The van der Waals surface area contributed by atoms with Gasteiger partial charge >= 0.3 is 0 Å². The van der Waals surface area contributed by atoms with Crippen molar-refractivity contribution in [1.82, 2.24) is 9.97 Å². The highest BCUT2D eigenvalue weighted by Crippen LogP contribution is 2.51. The summed E-state index contributed by atoms with van der Waals surface area (Å²) in [4.78, 5) is 18.5. The molecule has 10 nitrogen and oxygen atoms in total. The molecule has 2 aromatic carbocycles. The summed E-state index contributed by atoms with van der Waals surface area (Å²) in [6.45, 7) is 13.9. The Hall–Kier alpha value is -4.47. The Kier molecular flexibility index (Phi) is 10.0. The van der Waals surface area contributed by atoms with Crippen molar-refractivity contribution in [1.29, 1.82) is 0 Å². The molecular weight excluding hydrogens is 859 g/mol. The minimum Gasteiger partial charge on any atom is -0.455 e. The molecule has 8 rings (SSSR count). The lowest BCUT2D eigenvalue weighted by Gasteiger charge is -2.39. The van der Waals surface area contributed by atoms with Crippen LogP contribution in [0.1, 0.15) is 74.9 Å². The van der Waals surface area contributed by atoms with Crippen LogP contribution in [0.5, 0.6) is 23.1 Å². The van der Waals surface area contributed by atoms with Crippen LogP contribution in [-0.4, -0.2) is 48.1 Å². The number of nitrogens with two attached hydrogens (primary N) is 2. The molecular formula is C42H40BrIN6O4. The number of amidine groups is 2. The molecule has 0 unspecified atom stereocenters. The van der Waals surface area contributed by atoms with E-state index >= 15 is 0 Å². The minimum absolute atomic E-state index is 0.0994. The van der Waals surface area contributed by atoms with E-state index in [0.29, 0.717) is 55.5 Å². The van der Waals surface area contributed by atoms with Gasteiger partial charge in [-0.15, -0.1) is 0 Å². The summed E-state index contributed by atoms with van der Waals surface area (Å²) in [6.07, 6.45) is 3.43. The zero-order chi connectivity index (χ0) is 38.5. The molecule has 4 aliphatic heterocycles. The summed E-state index contributed by atoms with van der Waals surface area (Å²) in [5.74, 6) is 16.6. The van der Waals surface area contributed by atoms with Crippen LogP contribution >= 0.6 is 38.5 Å². The summed E-state index contributed by atoms with van der Waals surface area (Å²) in [5, 5.41) is 0. The van der Waals surface area contributed by atoms with Gasteiger partial charge in [-0.3, -0.25) is 9.98 Å². The quantitative estimate of drug-likeness (QED) is 0.104. The van der Waals surface area contributed by atoms with Crippen molar-refractivity contribution >= 4 is 50.2 Å². The fourth-order valence-electron chi connectivity index (χ4n) is 6.46. The number of aromatic nitrogens is 2. The first-order chi connectivity index (χ1) is 25.5. The number of benzene rings is 2. The second-order valence-corrected chi connectivity index (χ2v) is 17.6. The van der Waals surface area contributed by atoms with E-state index in [2.05, 4.69) is 120 Å². The van der Waals surface area contributed by atoms with Crippen LogP contribution in [0.15, 0.2) is 75.5 Å². The molecule has 2 aromatic heterocycles. The highest BCUT2D eigenvalue weighted by atomic mass is 127. The standard InChI is InChI=1S/C27H29N3O2.C15H11BrIN3O2/c1-25(2,3)11-9-18-7-8-22-20(13-18)27(17-31-16-23(28)30-27)21-14-19(10-12-26(4,5)6)15-29-24(21)32-22;16-13-4-10-12(5-19-13)22-11-2-1-8(17)3-9(11)15(10)7-21-6-14(18)20-15/h7-8,13-15H,16-17H2,1-6H3,(H2,28,30);1-5H,6-7H2,(H2,18,20)/t27-;15-/m00/s1. The molecule has 2 spiro atoms. The van der Waals surface area contributed by atoms with Crippen molar-refractivity contribution in [3.8, 4) is 46.8 Å². The summed E-state index contributed by atoms with van der Waals surface area (Å²) >= 11 is 5.70. The summed E-state index contributed by atoms with van der Waals surface area (Å²) in [5.41, 5.74) is 15.6. The average molecular weight is 900 g/mol. The number of ether oxygens (including phenoxy) is 4. The molecule has 0 saturated carbocycles. The predicted molar refractivity (Wildman–Crippen MR) is 221 cm³/mol. The lowest BCUT2D eigenvalue weighted by atomic mass is 9.80. The van der Waals surface area contributed by atoms with Crippen LogP contribution in [0.25, 0.3) is 0 Å². The zero-order valence-electron chi connectivity index (χ0n) is 30.9. The van der Waals surface area contributed by atoms with Crippen molar-refractivity contribution in [3.05, 3.63) is 102 Å². The van der Waals surface area contributed by atoms with Gasteiger partial charge in [0.05, 0.1) is 25.0 Å². The van der Waals surface area contributed by atoms with Crippen LogP contribution in [-0.2, 0) is 20.6 Å².